The van der Waals surface area contributed by atoms with Crippen molar-refractivity contribution in [2.75, 3.05) is 19.0 Å². The van der Waals surface area contributed by atoms with E-state index in [4.69, 9.17) is 5.11 Å². The summed E-state index contributed by atoms with van der Waals surface area (Å²) in [4.78, 5) is 27.2. The lowest BCUT2D eigenvalue weighted by molar-refractivity contribution is -0.128. The van der Waals surface area contributed by atoms with Crippen LogP contribution in [0.5, 0.6) is 0 Å². The third-order valence-corrected chi connectivity index (χ3v) is 6.37. The van der Waals surface area contributed by atoms with Crippen LogP contribution in [0.4, 0.5) is 10.1 Å². The van der Waals surface area contributed by atoms with Crippen LogP contribution in [-0.4, -0.2) is 56.5 Å². The van der Waals surface area contributed by atoms with Gasteiger partial charge in [0.25, 0.3) is 5.91 Å². The first-order chi connectivity index (χ1) is 17.2. The molecule has 0 radical (unpaired) electrons. The van der Waals surface area contributed by atoms with E-state index in [2.05, 4.69) is 10.4 Å². The number of nitrogens with one attached hydrogen (secondary N) is 1. The van der Waals surface area contributed by atoms with Crippen molar-refractivity contribution in [3.05, 3.63) is 82.9 Å². The minimum Gasteiger partial charge on any atom is -0.394 e. The van der Waals surface area contributed by atoms with Crippen LogP contribution in [-0.2, 0) is 16.1 Å². The zero-order valence-electron chi connectivity index (χ0n) is 20.4. The van der Waals surface area contributed by atoms with Gasteiger partial charge in [-0.05, 0) is 49.2 Å². The summed E-state index contributed by atoms with van der Waals surface area (Å²) in [6.45, 7) is 3.55. The number of carbonyl (C=O) groups is 2. The highest BCUT2D eigenvalue weighted by Crippen LogP contribution is 2.34. The predicted octanol–water partition coefficient (Wildman–Crippen LogP) is 3.13. The number of hydrogen-bond acceptors (Lipinski definition) is 5. The highest BCUT2D eigenvalue weighted by molar-refractivity contribution is 6.07. The monoisotopic (exact) mass is 492 g/mol. The van der Waals surface area contributed by atoms with E-state index in [-0.39, 0.29) is 37.2 Å². The Morgan fingerprint density at radius 2 is 1.92 bits per heavy atom. The summed E-state index contributed by atoms with van der Waals surface area (Å²) in [5.41, 5.74) is 4.81. The van der Waals surface area contributed by atoms with Gasteiger partial charge in [-0.15, -0.1) is 0 Å². The molecule has 2 atom stereocenters. The fourth-order valence-electron chi connectivity index (χ4n) is 4.21. The first-order valence-electron chi connectivity index (χ1n) is 11.6. The lowest BCUT2D eigenvalue weighted by Crippen LogP contribution is -2.33. The van der Waals surface area contributed by atoms with Gasteiger partial charge in [-0.2, -0.15) is 5.10 Å². The number of benzene rings is 2. The maximum atomic E-state index is 13.5. The number of rotatable bonds is 7. The van der Waals surface area contributed by atoms with Crippen molar-refractivity contribution < 1.29 is 24.2 Å². The number of anilines is 1. The van der Waals surface area contributed by atoms with Crippen LogP contribution in [0, 0.1) is 19.7 Å². The first kappa shape index (κ1) is 25.3. The summed E-state index contributed by atoms with van der Waals surface area (Å²) in [6.07, 6.45) is 0.732. The predicted molar refractivity (Wildman–Crippen MR) is 133 cm³/mol. The molecule has 8 nitrogen and oxygen atoms in total. The van der Waals surface area contributed by atoms with Crippen molar-refractivity contribution in [3.63, 3.8) is 0 Å². The van der Waals surface area contributed by atoms with Crippen LogP contribution >= 0.6 is 0 Å². The molecule has 3 N–H and O–H groups in total. The second-order valence-electron chi connectivity index (χ2n) is 9.07. The maximum Gasteiger partial charge on any atom is 0.253 e. The summed E-state index contributed by atoms with van der Waals surface area (Å²) < 4.78 is 15.1. The van der Waals surface area contributed by atoms with E-state index in [1.807, 2.05) is 38.1 Å². The average Bonchev–Trinajstić information content (AvgIpc) is 3.22. The van der Waals surface area contributed by atoms with Crippen molar-refractivity contribution in [1.82, 2.24) is 14.7 Å². The number of aromatic nitrogens is 2. The molecular formula is C27H29FN4O4. The first-order valence-corrected chi connectivity index (χ1v) is 11.6. The highest BCUT2D eigenvalue weighted by Gasteiger charge is 2.31. The second kappa shape index (κ2) is 10.4. The van der Waals surface area contributed by atoms with Crippen LogP contribution in [0.25, 0.3) is 11.3 Å². The number of nitrogens with zero attached hydrogens (tertiary/aromatic N) is 3. The van der Waals surface area contributed by atoms with Crippen LogP contribution in [0.3, 0.4) is 0 Å². The lowest BCUT2D eigenvalue weighted by atomic mass is 9.85. The molecule has 4 rings (SSSR count). The topological polar surface area (TPSA) is 108 Å². The minimum atomic E-state index is -0.910. The molecule has 2 aromatic carbocycles. The summed E-state index contributed by atoms with van der Waals surface area (Å²) in [7, 11) is 1.61. The van der Waals surface area contributed by atoms with Gasteiger partial charge in [0, 0.05) is 48.1 Å². The van der Waals surface area contributed by atoms with Gasteiger partial charge in [-0.3, -0.25) is 14.3 Å². The molecule has 2 unspecified atom stereocenters. The number of carbonyl (C=O) groups excluding carboxylic acids is 2. The van der Waals surface area contributed by atoms with Crippen molar-refractivity contribution in [1.29, 1.82) is 0 Å². The van der Waals surface area contributed by atoms with Gasteiger partial charge < -0.3 is 20.4 Å². The summed E-state index contributed by atoms with van der Waals surface area (Å²) in [5, 5.41) is 26.4. The molecule has 1 aromatic heterocycles. The van der Waals surface area contributed by atoms with Gasteiger partial charge >= 0.3 is 0 Å². The van der Waals surface area contributed by atoms with E-state index in [0.29, 0.717) is 22.5 Å². The molecule has 2 heterocycles. The number of hydrogen-bond donors (Lipinski definition) is 3. The van der Waals surface area contributed by atoms with Crippen molar-refractivity contribution in [2.45, 2.75) is 38.8 Å². The molecule has 9 heteroatoms. The fourth-order valence-corrected chi connectivity index (χ4v) is 4.21. The van der Waals surface area contributed by atoms with Gasteiger partial charge in [0.2, 0.25) is 5.91 Å². The average molecular weight is 493 g/mol. The van der Waals surface area contributed by atoms with Crippen molar-refractivity contribution in [3.8, 4) is 11.3 Å². The molecule has 0 bridgehead atoms. The molecule has 1 aliphatic rings. The smallest absolute Gasteiger partial charge is 0.253 e. The Bertz CT molecular complexity index is 1320. The Balaban J connectivity index is 1.61. The molecule has 1 aliphatic heterocycles. The number of aliphatic hydroxyl groups excluding tert-OH is 2. The molecule has 188 valence electrons. The molecule has 0 saturated heterocycles. The number of aryl methyl sites for hydroxylation is 2. The zero-order chi connectivity index (χ0) is 26.0. The van der Waals surface area contributed by atoms with E-state index in [1.165, 1.54) is 23.2 Å². The Morgan fingerprint density at radius 1 is 1.19 bits per heavy atom. The highest BCUT2D eigenvalue weighted by atomic mass is 19.1. The number of amides is 2. The lowest BCUT2D eigenvalue weighted by Gasteiger charge is -2.28. The summed E-state index contributed by atoms with van der Waals surface area (Å²) >= 11 is 0. The molecular weight excluding hydrogens is 463 g/mol. The van der Waals surface area contributed by atoms with Crippen LogP contribution < -0.4 is 5.32 Å². The van der Waals surface area contributed by atoms with E-state index >= 15 is 0 Å². The Morgan fingerprint density at radius 3 is 2.61 bits per heavy atom. The number of aliphatic hydroxyl groups is 2. The Kier molecular flexibility index (Phi) is 7.32. The molecule has 0 saturated carbocycles. The van der Waals surface area contributed by atoms with E-state index < -0.39 is 12.0 Å². The second-order valence-corrected chi connectivity index (χ2v) is 9.07. The maximum absolute atomic E-state index is 13.5. The van der Waals surface area contributed by atoms with Crippen molar-refractivity contribution >= 4 is 17.5 Å². The third kappa shape index (κ3) is 5.37. The standard InChI is InChI=1S/C27H29FN4O4/c1-16-4-5-19(25-10-17(2)32(30-25)13-21(34)15-33)11-24(16)29-27(36)23-14-31(3)26(35)12-22(23)18-6-8-20(28)9-7-18/h4-11,14,21-22,33-34H,12-13,15H2,1-3H3,(H,29,36). The quantitative estimate of drug-likeness (QED) is 0.470. The third-order valence-electron chi connectivity index (χ3n) is 6.37. The molecule has 2 amide bonds. The van der Waals surface area contributed by atoms with Gasteiger partial charge in [-0.1, -0.05) is 24.3 Å². The van der Waals surface area contributed by atoms with Gasteiger partial charge in [0.1, 0.15) is 5.82 Å². The Hall–Kier alpha value is -3.82. The zero-order valence-corrected chi connectivity index (χ0v) is 20.4. The fraction of sp³-hybridized carbons (Fsp3) is 0.296. The number of halogens is 1. The van der Waals surface area contributed by atoms with Crippen LogP contribution in [0.15, 0.2) is 60.3 Å². The Labute approximate surface area is 208 Å². The van der Waals surface area contributed by atoms with Crippen molar-refractivity contribution in [2.24, 2.45) is 0 Å². The normalized spacial score (nSPS) is 16.6. The molecule has 0 spiro atoms. The SMILES string of the molecule is Cc1ccc(-c2cc(C)n(CC(O)CO)n2)cc1NC(=O)C1=CN(C)C(=O)CC1c1ccc(F)cc1. The summed E-state index contributed by atoms with van der Waals surface area (Å²) in [5.74, 6) is -1.36. The van der Waals surface area contributed by atoms with Gasteiger partial charge in [0.05, 0.1) is 24.9 Å². The largest absolute Gasteiger partial charge is 0.394 e. The summed E-state index contributed by atoms with van der Waals surface area (Å²) in [6, 6.07) is 13.3. The van der Waals surface area contributed by atoms with Crippen LogP contribution in [0.1, 0.15) is 29.2 Å². The molecule has 3 aromatic rings. The van der Waals surface area contributed by atoms with Crippen LogP contribution in [0.2, 0.25) is 0 Å². The van der Waals surface area contributed by atoms with E-state index in [9.17, 15) is 19.1 Å². The van der Waals surface area contributed by atoms with Gasteiger partial charge in [0.15, 0.2) is 0 Å². The van der Waals surface area contributed by atoms with Gasteiger partial charge in [-0.25, -0.2) is 4.39 Å². The molecule has 0 aliphatic carbocycles. The van der Waals surface area contributed by atoms with E-state index in [0.717, 1.165) is 16.8 Å². The minimum absolute atomic E-state index is 0.108. The van der Waals surface area contributed by atoms with E-state index in [1.54, 1.807) is 23.9 Å². The molecule has 0 fully saturated rings. The molecule has 36 heavy (non-hydrogen) atoms.